The fraction of sp³-hybridized carbons (Fsp3) is 0.250. The largest absolute Gasteiger partial charge is 0.490 e. The van der Waals surface area contributed by atoms with Crippen molar-refractivity contribution in [3.8, 4) is 11.5 Å². The number of carbonyl (C=O) groups is 4. The van der Waals surface area contributed by atoms with Gasteiger partial charge >= 0.3 is 12.0 Å². The van der Waals surface area contributed by atoms with E-state index in [0.29, 0.717) is 32.9 Å². The van der Waals surface area contributed by atoms with Crippen molar-refractivity contribution in [2.24, 2.45) is 0 Å². The van der Waals surface area contributed by atoms with E-state index in [9.17, 15) is 19.2 Å². The van der Waals surface area contributed by atoms with Gasteiger partial charge in [0.2, 0.25) is 0 Å². The summed E-state index contributed by atoms with van der Waals surface area (Å²) in [5.41, 5.74) is 1.58. The van der Waals surface area contributed by atoms with E-state index in [0.717, 1.165) is 10.5 Å². The van der Waals surface area contributed by atoms with E-state index in [2.05, 4.69) is 5.32 Å². The number of aryl methyl sites for hydroxylation is 1. The molecule has 0 saturated carbocycles. The smallest absolute Gasteiger partial charge is 0.344 e. The predicted octanol–water partition coefficient (Wildman–Crippen LogP) is 3.61. The molecule has 0 unspecified atom stereocenters. The summed E-state index contributed by atoms with van der Waals surface area (Å²) < 4.78 is 16.7. The second-order valence-corrected chi connectivity index (χ2v) is 8.31. The van der Waals surface area contributed by atoms with Gasteiger partial charge in [-0.3, -0.25) is 14.9 Å². The summed E-state index contributed by atoms with van der Waals surface area (Å²) in [5.74, 6) is -1.38. The van der Waals surface area contributed by atoms with E-state index in [1.54, 1.807) is 50.2 Å². The average molecular weight is 578 g/mol. The normalized spacial score (nSPS) is 14.8. The zero-order valence-corrected chi connectivity index (χ0v) is 21.0. The summed E-state index contributed by atoms with van der Waals surface area (Å²) in [6.07, 6.45) is 1.38. The summed E-state index contributed by atoms with van der Waals surface area (Å²) in [5, 5.41) is 2.20. The quantitative estimate of drug-likeness (QED) is 0.221. The maximum absolute atomic E-state index is 13.1. The minimum absolute atomic E-state index is 0.210. The first-order valence-corrected chi connectivity index (χ1v) is 11.6. The van der Waals surface area contributed by atoms with E-state index in [1.807, 2.05) is 29.5 Å². The van der Waals surface area contributed by atoms with E-state index in [-0.39, 0.29) is 18.8 Å². The van der Waals surface area contributed by atoms with Gasteiger partial charge in [0.15, 0.2) is 18.1 Å². The first kappa shape index (κ1) is 25.2. The molecule has 2 aromatic carbocycles. The van der Waals surface area contributed by atoms with Gasteiger partial charge < -0.3 is 14.2 Å². The van der Waals surface area contributed by atoms with Crippen molar-refractivity contribution in [1.29, 1.82) is 0 Å². The molecule has 1 N–H and O–H groups in total. The van der Waals surface area contributed by atoms with Crippen LogP contribution >= 0.6 is 22.6 Å². The number of ether oxygens (including phenoxy) is 3. The molecule has 10 heteroatoms. The number of nitrogens with one attached hydrogen (secondary N) is 1. The zero-order chi connectivity index (χ0) is 24.8. The Balaban J connectivity index is 1.95. The molecule has 1 aliphatic rings. The monoisotopic (exact) mass is 578 g/mol. The number of amides is 4. The lowest BCUT2D eigenvalue weighted by Gasteiger charge is -2.26. The summed E-state index contributed by atoms with van der Waals surface area (Å²) >= 11 is 2.01. The maximum Gasteiger partial charge on any atom is 0.344 e. The summed E-state index contributed by atoms with van der Waals surface area (Å²) in [6.45, 7) is 5.64. The number of hydrogen-bond donors (Lipinski definition) is 1. The van der Waals surface area contributed by atoms with Crippen LogP contribution in [0.3, 0.4) is 0 Å². The molecule has 1 fully saturated rings. The molecule has 2 aromatic rings. The Morgan fingerprint density at radius 2 is 1.76 bits per heavy atom. The molecule has 1 aliphatic heterocycles. The highest BCUT2D eigenvalue weighted by Gasteiger charge is 2.36. The van der Waals surface area contributed by atoms with Crippen LogP contribution in [-0.2, 0) is 19.1 Å². The molecule has 1 saturated heterocycles. The maximum atomic E-state index is 13.1. The topological polar surface area (TPSA) is 111 Å². The van der Waals surface area contributed by atoms with Gasteiger partial charge in [0.1, 0.15) is 5.57 Å². The van der Waals surface area contributed by atoms with Crippen molar-refractivity contribution in [3.05, 3.63) is 56.7 Å². The Labute approximate surface area is 210 Å². The molecule has 0 aliphatic carbocycles. The minimum Gasteiger partial charge on any atom is -0.490 e. The number of benzene rings is 2. The lowest BCUT2D eigenvalue weighted by molar-refractivity contribution is -0.145. The van der Waals surface area contributed by atoms with Crippen molar-refractivity contribution >= 4 is 58.2 Å². The highest BCUT2D eigenvalue weighted by Crippen LogP contribution is 2.35. The fourth-order valence-electron chi connectivity index (χ4n) is 3.16. The van der Waals surface area contributed by atoms with Crippen LogP contribution in [0.4, 0.5) is 10.5 Å². The molecule has 0 radical (unpaired) electrons. The molecule has 1 heterocycles. The third kappa shape index (κ3) is 5.74. The molecule has 0 spiro atoms. The SMILES string of the molecule is CCOC(=O)COc1c(I)cc(/C=C2\C(=O)NC(=O)N(c3ccc(C)cc3)C2=O)cc1OCC. The summed E-state index contributed by atoms with van der Waals surface area (Å²) in [7, 11) is 0. The third-order valence-corrected chi connectivity index (χ3v) is 5.48. The van der Waals surface area contributed by atoms with Gasteiger partial charge in [0.05, 0.1) is 22.5 Å². The molecular formula is C24H23IN2O7. The van der Waals surface area contributed by atoms with E-state index in [1.165, 1.54) is 6.08 Å². The van der Waals surface area contributed by atoms with Crippen LogP contribution in [0.15, 0.2) is 42.0 Å². The fourth-order valence-corrected chi connectivity index (χ4v) is 3.94. The second kappa shape index (κ2) is 11.1. The number of urea groups is 1. The number of rotatable bonds is 8. The lowest BCUT2D eigenvalue weighted by Crippen LogP contribution is -2.54. The highest BCUT2D eigenvalue weighted by atomic mass is 127. The average Bonchev–Trinajstić information content (AvgIpc) is 2.77. The van der Waals surface area contributed by atoms with Crippen molar-refractivity contribution in [3.63, 3.8) is 0 Å². The highest BCUT2D eigenvalue weighted by molar-refractivity contribution is 14.1. The Morgan fingerprint density at radius 3 is 2.41 bits per heavy atom. The number of carbonyl (C=O) groups excluding carboxylic acids is 4. The first-order chi connectivity index (χ1) is 16.2. The first-order valence-electron chi connectivity index (χ1n) is 10.5. The number of anilines is 1. The third-order valence-electron chi connectivity index (χ3n) is 4.68. The molecular weight excluding hydrogens is 555 g/mol. The molecule has 178 valence electrons. The van der Waals surface area contributed by atoms with Gasteiger partial charge in [0, 0.05) is 0 Å². The molecule has 9 nitrogen and oxygen atoms in total. The zero-order valence-electron chi connectivity index (χ0n) is 18.8. The number of nitrogens with zero attached hydrogens (tertiary/aromatic N) is 1. The van der Waals surface area contributed by atoms with Crippen molar-refractivity contribution < 1.29 is 33.4 Å². The van der Waals surface area contributed by atoms with Gasteiger partial charge in [-0.05, 0) is 79.3 Å². The number of esters is 1. The van der Waals surface area contributed by atoms with E-state index < -0.39 is 23.8 Å². The van der Waals surface area contributed by atoms with Gasteiger partial charge in [0.25, 0.3) is 11.8 Å². The number of imide groups is 2. The van der Waals surface area contributed by atoms with Gasteiger partial charge in [-0.1, -0.05) is 17.7 Å². The Kier molecular flexibility index (Phi) is 8.26. The minimum atomic E-state index is -0.816. The van der Waals surface area contributed by atoms with Gasteiger partial charge in [-0.2, -0.15) is 0 Å². The van der Waals surface area contributed by atoms with Crippen molar-refractivity contribution in [1.82, 2.24) is 5.32 Å². The Hall–Kier alpha value is -3.41. The van der Waals surface area contributed by atoms with Crippen LogP contribution in [0.25, 0.3) is 6.08 Å². The van der Waals surface area contributed by atoms with Crippen LogP contribution < -0.4 is 19.7 Å². The number of barbiturate groups is 1. The van der Waals surface area contributed by atoms with Gasteiger partial charge in [-0.15, -0.1) is 0 Å². The van der Waals surface area contributed by atoms with E-state index >= 15 is 0 Å². The molecule has 0 bridgehead atoms. The van der Waals surface area contributed by atoms with Crippen LogP contribution in [0.5, 0.6) is 11.5 Å². The Morgan fingerprint density at radius 1 is 1.06 bits per heavy atom. The van der Waals surface area contributed by atoms with E-state index in [4.69, 9.17) is 14.2 Å². The van der Waals surface area contributed by atoms with Crippen LogP contribution in [0.2, 0.25) is 0 Å². The van der Waals surface area contributed by atoms with Crippen LogP contribution in [-0.4, -0.2) is 43.6 Å². The standard InChI is InChI=1S/C24H23IN2O7/c1-4-32-19-12-15(11-18(25)21(19)34-13-20(28)33-5-2)10-17-22(29)26-24(31)27(23(17)30)16-8-6-14(3)7-9-16/h6-12H,4-5,13H2,1-3H3,(H,26,29,31)/b17-10+. The molecule has 3 rings (SSSR count). The number of hydrogen-bond acceptors (Lipinski definition) is 7. The molecule has 0 aromatic heterocycles. The Bertz CT molecular complexity index is 1160. The van der Waals surface area contributed by atoms with Crippen LogP contribution in [0, 0.1) is 10.5 Å². The summed E-state index contributed by atoms with van der Waals surface area (Å²) in [6, 6.07) is 9.24. The van der Waals surface area contributed by atoms with Crippen molar-refractivity contribution in [2.75, 3.05) is 24.7 Å². The predicted molar refractivity (Wildman–Crippen MR) is 133 cm³/mol. The van der Waals surface area contributed by atoms with Crippen molar-refractivity contribution in [2.45, 2.75) is 20.8 Å². The van der Waals surface area contributed by atoms with Crippen LogP contribution in [0.1, 0.15) is 25.0 Å². The lowest BCUT2D eigenvalue weighted by atomic mass is 10.1. The molecule has 34 heavy (non-hydrogen) atoms. The molecule has 4 amide bonds. The van der Waals surface area contributed by atoms with Gasteiger partial charge in [-0.25, -0.2) is 14.5 Å². The molecule has 0 atom stereocenters. The second-order valence-electron chi connectivity index (χ2n) is 7.15. The summed E-state index contributed by atoms with van der Waals surface area (Å²) in [4.78, 5) is 50.6. The number of halogens is 1.